The van der Waals surface area contributed by atoms with Crippen molar-refractivity contribution in [1.29, 1.82) is 0 Å². The summed E-state index contributed by atoms with van der Waals surface area (Å²) in [5.74, 6) is 0.653. The van der Waals surface area contributed by atoms with E-state index in [4.69, 9.17) is 9.72 Å². The van der Waals surface area contributed by atoms with E-state index in [9.17, 15) is 9.59 Å². The molecule has 1 saturated carbocycles. The molecule has 0 bridgehead atoms. The fourth-order valence-electron chi connectivity index (χ4n) is 4.76. The lowest BCUT2D eigenvalue weighted by Crippen LogP contribution is -2.33. The number of rotatable bonds is 11. The number of amides is 1. The third kappa shape index (κ3) is 7.54. The summed E-state index contributed by atoms with van der Waals surface area (Å²) in [6.07, 6.45) is 8.51. The van der Waals surface area contributed by atoms with Crippen molar-refractivity contribution in [3.63, 3.8) is 0 Å². The molecular weight excluding hydrogens is 478 g/mol. The summed E-state index contributed by atoms with van der Waals surface area (Å²) in [7, 11) is 1.57. The summed E-state index contributed by atoms with van der Waals surface area (Å²) >= 11 is 0. The number of ether oxygens (including phenoxy) is 1. The minimum absolute atomic E-state index is 0.154. The first-order chi connectivity index (χ1) is 18.5. The van der Waals surface area contributed by atoms with Crippen molar-refractivity contribution in [3.8, 4) is 0 Å². The van der Waals surface area contributed by atoms with Crippen molar-refractivity contribution < 1.29 is 14.3 Å². The summed E-state index contributed by atoms with van der Waals surface area (Å²) in [4.78, 5) is 35.9. The van der Waals surface area contributed by atoms with E-state index in [0.717, 1.165) is 24.2 Å². The molecule has 1 aliphatic carbocycles. The Kier molecular flexibility index (Phi) is 9.67. The third-order valence-electron chi connectivity index (χ3n) is 6.82. The maximum atomic E-state index is 13.4. The number of aromatic nitrogens is 2. The number of likely N-dealkylation sites (N-methyl/N-ethyl adjacent to an activating group) is 1. The van der Waals surface area contributed by atoms with Gasteiger partial charge < -0.3 is 20.3 Å². The number of carbonyl (C=O) groups is 2. The highest BCUT2D eigenvalue weighted by molar-refractivity contribution is 6.00. The van der Waals surface area contributed by atoms with Gasteiger partial charge in [-0.1, -0.05) is 67.8 Å². The maximum absolute atomic E-state index is 13.4. The van der Waals surface area contributed by atoms with Gasteiger partial charge in [0.2, 0.25) is 5.95 Å². The molecule has 2 aromatic carbocycles. The molecule has 0 radical (unpaired) electrons. The van der Waals surface area contributed by atoms with Gasteiger partial charge in [0.1, 0.15) is 17.9 Å². The molecule has 200 valence electrons. The van der Waals surface area contributed by atoms with Gasteiger partial charge in [0, 0.05) is 25.5 Å². The van der Waals surface area contributed by atoms with E-state index in [-0.39, 0.29) is 24.6 Å². The number of nitrogens with zero attached hydrogens (tertiary/aromatic N) is 3. The van der Waals surface area contributed by atoms with Crippen LogP contribution in [0.4, 0.5) is 17.5 Å². The maximum Gasteiger partial charge on any atom is 0.325 e. The first-order valence-corrected chi connectivity index (χ1v) is 13.4. The molecule has 1 amide bonds. The zero-order valence-electron chi connectivity index (χ0n) is 22.3. The topological polar surface area (TPSA) is 96.5 Å². The minimum Gasteiger partial charge on any atom is -0.465 e. The number of hydrogen-bond acceptors (Lipinski definition) is 7. The monoisotopic (exact) mass is 515 g/mol. The zero-order valence-corrected chi connectivity index (χ0v) is 22.3. The number of esters is 1. The minimum atomic E-state index is -0.460. The lowest BCUT2D eigenvalue weighted by atomic mass is 9.89. The van der Waals surface area contributed by atoms with Crippen molar-refractivity contribution >= 4 is 29.3 Å². The summed E-state index contributed by atoms with van der Waals surface area (Å²) < 4.78 is 5.02. The van der Waals surface area contributed by atoms with Crippen LogP contribution in [0.15, 0.2) is 60.8 Å². The molecule has 3 aromatic rings. The molecule has 8 heteroatoms. The SMILES string of the molecule is CCOC(=O)CN(C)C(=O)c1cnc(NCC2CCCCC2)nc1Nc1ccccc1Cc1ccccc1. The smallest absolute Gasteiger partial charge is 0.325 e. The molecule has 0 unspecified atom stereocenters. The second-order valence-electron chi connectivity index (χ2n) is 9.75. The molecule has 4 rings (SSSR count). The summed E-state index contributed by atoms with van der Waals surface area (Å²) in [6.45, 7) is 2.65. The quantitative estimate of drug-likeness (QED) is 0.328. The predicted molar refractivity (Wildman–Crippen MR) is 150 cm³/mol. The standard InChI is InChI=1S/C30H37N5O3/c1-3-38-27(36)21-35(2)29(37)25-20-32-30(31-19-23-14-8-5-9-15-23)34-28(25)33-26-17-11-10-16-24(26)18-22-12-6-4-7-13-22/h4,6-7,10-13,16-17,20,23H,3,5,8-9,14-15,18-19,21H2,1-2H3,(H2,31,32,33,34). The molecule has 0 spiro atoms. The normalized spacial score (nSPS) is 13.5. The molecule has 1 aliphatic rings. The zero-order chi connectivity index (χ0) is 26.7. The van der Waals surface area contributed by atoms with Gasteiger partial charge in [-0.3, -0.25) is 9.59 Å². The predicted octanol–water partition coefficient (Wildman–Crippen LogP) is 5.44. The third-order valence-corrected chi connectivity index (χ3v) is 6.82. The van der Waals surface area contributed by atoms with E-state index in [1.165, 1.54) is 48.8 Å². The fraction of sp³-hybridized carbons (Fsp3) is 0.400. The van der Waals surface area contributed by atoms with Crippen LogP contribution in [-0.2, 0) is 16.0 Å². The molecule has 8 nitrogen and oxygen atoms in total. The average Bonchev–Trinajstić information content (AvgIpc) is 2.94. The van der Waals surface area contributed by atoms with E-state index >= 15 is 0 Å². The molecule has 0 saturated heterocycles. The number of hydrogen-bond donors (Lipinski definition) is 2. The van der Waals surface area contributed by atoms with E-state index in [1.54, 1.807) is 14.0 Å². The van der Waals surface area contributed by atoms with Crippen molar-refractivity contribution in [2.75, 3.05) is 37.4 Å². The van der Waals surface area contributed by atoms with Crippen LogP contribution < -0.4 is 10.6 Å². The van der Waals surface area contributed by atoms with Crippen molar-refractivity contribution in [1.82, 2.24) is 14.9 Å². The van der Waals surface area contributed by atoms with Gasteiger partial charge >= 0.3 is 5.97 Å². The van der Waals surface area contributed by atoms with Gasteiger partial charge in [-0.25, -0.2) is 4.98 Å². The summed E-state index contributed by atoms with van der Waals surface area (Å²) in [5, 5.41) is 6.78. The summed E-state index contributed by atoms with van der Waals surface area (Å²) in [6, 6.07) is 18.2. The average molecular weight is 516 g/mol. The van der Waals surface area contributed by atoms with Crippen LogP contribution in [0.2, 0.25) is 0 Å². The molecule has 0 atom stereocenters. The second kappa shape index (κ2) is 13.6. The van der Waals surface area contributed by atoms with Crippen LogP contribution in [0.3, 0.4) is 0 Å². The Bertz CT molecular complexity index is 1210. The number of benzene rings is 2. The van der Waals surface area contributed by atoms with Crippen LogP contribution in [-0.4, -0.2) is 53.5 Å². The Balaban J connectivity index is 1.59. The van der Waals surface area contributed by atoms with Crippen LogP contribution >= 0.6 is 0 Å². The Morgan fingerprint density at radius 2 is 1.76 bits per heavy atom. The Morgan fingerprint density at radius 3 is 2.53 bits per heavy atom. The summed E-state index contributed by atoms with van der Waals surface area (Å²) in [5.41, 5.74) is 3.40. The Hall–Kier alpha value is -3.94. The van der Waals surface area contributed by atoms with E-state index in [2.05, 4.69) is 33.8 Å². The van der Waals surface area contributed by atoms with E-state index in [1.807, 2.05) is 36.4 Å². The Morgan fingerprint density at radius 1 is 1.03 bits per heavy atom. The molecular formula is C30H37N5O3. The molecule has 0 aliphatic heterocycles. The van der Waals surface area contributed by atoms with Gasteiger partial charge in [-0.2, -0.15) is 4.98 Å². The van der Waals surface area contributed by atoms with E-state index < -0.39 is 5.97 Å². The highest BCUT2D eigenvalue weighted by Crippen LogP contribution is 2.27. The van der Waals surface area contributed by atoms with Crippen LogP contribution in [0.25, 0.3) is 0 Å². The number of anilines is 3. The number of nitrogens with one attached hydrogen (secondary N) is 2. The lowest BCUT2D eigenvalue weighted by Gasteiger charge is -2.22. The molecule has 1 heterocycles. The Labute approximate surface area is 224 Å². The van der Waals surface area contributed by atoms with Gasteiger partial charge in [0.05, 0.1) is 6.61 Å². The second-order valence-corrected chi connectivity index (χ2v) is 9.75. The fourth-order valence-corrected chi connectivity index (χ4v) is 4.76. The number of para-hydroxylation sites is 1. The molecule has 38 heavy (non-hydrogen) atoms. The van der Waals surface area contributed by atoms with Gasteiger partial charge in [0.25, 0.3) is 5.91 Å². The van der Waals surface area contributed by atoms with E-state index in [0.29, 0.717) is 17.7 Å². The first kappa shape index (κ1) is 27.1. The van der Waals surface area contributed by atoms with Crippen molar-refractivity contribution in [2.45, 2.75) is 45.4 Å². The number of carbonyl (C=O) groups excluding carboxylic acids is 2. The highest BCUT2D eigenvalue weighted by atomic mass is 16.5. The molecule has 1 aromatic heterocycles. The van der Waals surface area contributed by atoms with Crippen molar-refractivity contribution in [3.05, 3.63) is 77.5 Å². The highest BCUT2D eigenvalue weighted by Gasteiger charge is 2.22. The van der Waals surface area contributed by atoms with Gasteiger partial charge in [-0.15, -0.1) is 0 Å². The molecule has 1 fully saturated rings. The largest absolute Gasteiger partial charge is 0.465 e. The van der Waals surface area contributed by atoms with Crippen LogP contribution in [0.5, 0.6) is 0 Å². The van der Waals surface area contributed by atoms with Crippen molar-refractivity contribution in [2.24, 2.45) is 5.92 Å². The van der Waals surface area contributed by atoms with Gasteiger partial charge in [-0.05, 0) is 49.3 Å². The first-order valence-electron chi connectivity index (χ1n) is 13.4. The van der Waals surface area contributed by atoms with Gasteiger partial charge in [0.15, 0.2) is 0 Å². The molecule has 2 N–H and O–H groups in total. The van der Waals surface area contributed by atoms with Crippen LogP contribution in [0.1, 0.15) is 60.5 Å². The lowest BCUT2D eigenvalue weighted by molar-refractivity contribution is -0.143. The van der Waals surface area contributed by atoms with Crippen LogP contribution in [0, 0.1) is 5.92 Å².